The molecule has 0 bridgehead atoms. The normalized spacial score (nSPS) is 19.2. The molecule has 0 saturated carbocycles. The van der Waals surface area contributed by atoms with Crippen LogP contribution in [0.4, 0.5) is 0 Å². The molecule has 1 aromatic rings. The van der Waals surface area contributed by atoms with Gasteiger partial charge in [-0.1, -0.05) is 42.6 Å². The number of nitrogens with one attached hydrogen (secondary N) is 1. The van der Waals surface area contributed by atoms with E-state index in [1.165, 1.54) is 4.31 Å². The molecule has 158 valence electrons. The van der Waals surface area contributed by atoms with Gasteiger partial charge in [0.1, 0.15) is 29.5 Å². The molecule has 7 nitrogen and oxygen atoms in total. The Morgan fingerprint density at radius 3 is 2.86 bits per heavy atom. The van der Waals surface area contributed by atoms with Crippen LogP contribution in [0.1, 0.15) is 32.6 Å². The third kappa shape index (κ3) is 6.22. The quantitative estimate of drug-likeness (QED) is 0.599. The predicted molar refractivity (Wildman–Crippen MR) is 109 cm³/mol. The number of hydrogen-bond donors (Lipinski definition) is 2. The number of rotatable bonds is 9. The molecule has 0 radical (unpaired) electrons. The van der Waals surface area contributed by atoms with Crippen LogP contribution in [0.3, 0.4) is 0 Å². The number of aliphatic hydroxyl groups is 1. The Kier molecular flexibility index (Phi) is 8.82. The average Bonchev–Trinajstić information content (AvgIpc) is 2.67. The molecule has 1 aliphatic rings. The first-order chi connectivity index (χ1) is 13.3. The van der Waals surface area contributed by atoms with Crippen LogP contribution in [0.15, 0.2) is 18.2 Å². The molecular weight excluding hydrogens is 427 g/mol. The molecule has 1 aliphatic heterocycles. The molecule has 28 heavy (non-hydrogen) atoms. The van der Waals surface area contributed by atoms with E-state index in [4.69, 9.17) is 27.9 Å². The molecule has 2 atom stereocenters. The summed E-state index contributed by atoms with van der Waals surface area (Å²) in [5.41, 5.74) is 0. The van der Waals surface area contributed by atoms with Gasteiger partial charge in [0, 0.05) is 13.1 Å². The lowest BCUT2D eigenvalue weighted by Gasteiger charge is -2.33. The van der Waals surface area contributed by atoms with Crippen molar-refractivity contribution in [1.29, 1.82) is 0 Å². The summed E-state index contributed by atoms with van der Waals surface area (Å²) >= 11 is 11.9. The molecule has 2 rings (SSSR count). The summed E-state index contributed by atoms with van der Waals surface area (Å²) in [6.07, 6.45) is 1.51. The first-order valence-electron chi connectivity index (χ1n) is 9.28. The lowest BCUT2D eigenvalue weighted by Crippen LogP contribution is -2.53. The fourth-order valence-electron chi connectivity index (χ4n) is 3.05. The number of carbonyl (C=O) groups is 1. The van der Waals surface area contributed by atoms with Crippen LogP contribution in [0.5, 0.6) is 5.75 Å². The number of amides is 1. The Morgan fingerprint density at radius 1 is 1.39 bits per heavy atom. The number of nitrogens with zero attached hydrogens (tertiary/aromatic N) is 1. The van der Waals surface area contributed by atoms with E-state index in [9.17, 15) is 18.3 Å². The molecular formula is C18H26Cl2N2O5S. The van der Waals surface area contributed by atoms with E-state index < -0.39 is 28.1 Å². The Hall–Kier alpha value is -1.06. The summed E-state index contributed by atoms with van der Waals surface area (Å²) in [4.78, 5) is 12.5. The molecule has 2 N–H and O–H groups in total. The number of carbonyl (C=O) groups excluding carboxylic acids is 1. The maximum atomic E-state index is 12.5. The SMILES string of the molecule is CCCS(=O)(=O)N1CCCCC1C(=O)NCC(O)COc1cccc(Cl)c1Cl. The standard InChI is InChI=1S/C18H26Cl2N2O5S/c1-2-10-28(25,26)22-9-4-3-7-15(22)18(24)21-11-13(23)12-27-16-8-5-6-14(19)17(16)20/h5-6,8,13,15,23H,2-4,7,9-12H2,1H3,(H,21,24). The van der Waals surface area contributed by atoms with Crippen LogP contribution in [-0.2, 0) is 14.8 Å². The minimum atomic E-state index is -3.46. The van der Waals surface area contributed by atoms with Crippen molar-refractivity contribution in [2.45, 2.75) is 44.8 Å². The van der Waals surface area contributed by atoms with E-state index in [1.807, 2.05) is 0 Å². The van der Waals surface area contributed by atoms with Crippen molar-refractivity contribution in [2.24, 2.45) is 0 Å². The van der Waals surface area contributed by atoms with Crippen LogP contribution < -0.4 is 10.1 Å². The molecule has 0 spiro atoms. The van der Waals surface area contributed by atoms with Crippen molar-refractivity contribution in [3.05, 3.63) is 28.2 Å². The Bertz CT molecular complexity index is 775. The number of benzene rings is 1. The van der Waals surface area contributed by atoms with Crippen LogP contribution in [0.25, 0.3) is 0 Å². The van der Waals surface area contributed by atoms with Gasteiger partial charge in [-0.05, 0) is 31.4 Å². The fraction of sp³-hybridized carbons (Fsp3) is 0.611. The van der Waals surface area contributed by atoms with Crippen LogP contribution in [0.2, 0.25) is 10.0 Å². The molecule has 2 unspecified atom stereocenters. The smallest absolute Gasteiger partial charge is 0.238 e. The Morgan fingerprint density at radius 2 is 2.14 bits per heavy atom. The second-order valence-corrected chi connectivity index (χ2v) is 9.53. The predicted octanol–water partition coefficient (Wildman–Crippen LogP) is 2.44. The first-order valence-corrected chi connectivity index (χ1v) is 11.6. The van der Waals surface area contributed by atoms with Gasteiger partial charge in [-0.2, -0.15) is 4.31 Å². The fourth-order valence-corrected chi connectivity index (χ4v) is 5.14. The van der Waals surface area contributed by atoms with Crippen molar-refractivity contribution in [3.8, 4) is 5.75 Å². The molecule has 1 amide bonds. The zero-order chi connectivity index (χ0) is 20.7. The second-order valence-electron chi connectivity index (χ2n) is 6.70. The van der Waals surface area contributed by atoms with Gasteiger partial charge in [0.25, 0.3) is 0 Å². The van der Waals surface area contributed by atoms with Crippen LogP contribution >= 0.6 is 23.2 Å². The van der Waals surface area contributed by atoms with Crippen molar-refractivity contribution in [3.63, 3.8) is 0 Å². The van der Waals surface area contributed by atoms with Crippen molar-refractivity contribution < 1.29 is 23.1 Å². The molecule has 1 fully saturated rings. The number of aliphatic hydroxyl groups excluding tert-OH is 1. The summed E-state index contributed by atoms with van der Waals surface area (Å²) in [5.74, 6) is -0.0453. The van der Waals surface area contributed by atoms with E-state index >= 15 is 0 Å². The van der Waals surface area contributed by atoms with Crippen molar-refractivity contribution >= 4 is 39.1 Å². The molecule has 1 saturated heterocycles. The topological polar surface area (TPSA) is 95.9 Å². The highest BCUT2D eigenvalue weighted by Crippen LogP contribution is 2.31. The third-order valence-electron chi connectivity index (χ3n) is 4.44. The van der Waals surface area contributed by atoms with Gasteiger partial charge in [0.05, 0.1) is 10.8 Å². The van der Waals surface area contributed by atoms with E-state index in [0.717, 1.165) is 12.8 Å². The Labute approximate surface area is 176 Å². The third-order valence-corrected chi connectivity index (χ3v) is 7.31. The first kappa shape index (κ1) is 23.2. The number of ether oxygens (including phenoxy) is 1. The number of sulfonamides is 1. The van der Waals surface area contributed by atoms with Crippen LogP contribution in [-0.4, -0.2) is 61.3 Å². The highest BCUT2D eigenvalue weighted by Gasteiger charge is 2.36. The molecule has 0 aromatic heterocycles. The summed E-state index contributed by atoms with van der Waals surface area (Å²) in [5, 5.41) is 13.3. The largest absolute Gasteiger partial charge is 0.489 e. The van der Waals surface area contributed by atoms with Gasteiger partial charge in [-0.3, -0.25) is 4.79 Å². The number of hydrogen-bond acceptors (Lipinski definition) is 5. The van der Waals surface area contributed by atoms with Crippen molar-refractivity contribution in [2.75, 3.05) is 25.4 Å². The van der Waals surface area contributed by atoms with E-state index in [1.54, 1.807) is 25.1 Å². The van der Waals surface area contributed by atoms with E-state index in [-0.39, 0.29) is 23.9 Å². The molecule has 1 heterocycles. The van der Waals surface area contributed by atoms with E-state index in [2.05, 4.69) is 5.32 Å². The molecule has 0 aliphatic carbocycles. The van der Waals surface area contributed by atoms with Gasteiger partial charge in [0.2, 0.25) is 15.9 Å². The summed E-state index contributed by atoms with van der Waals surface area (Å²) in [6, 6.07) is 4.18. The minimum absolute atomic E-state index is 0.0215. The van der Waals surface area contributed by atoms with Crippen LogP contribution in [0, 0.1) is 0 Å². The summed E-state index contributed by atoms with van der Waals surface area (Å²) in [7, 11) is -3.46. The van der Waals surface area contributed by atoms with E-state index in [0.29, 0.717) is 30.2 Å². The number of halogens is 2. The Balaban J connectivity index is 1.88. The lowest BCUT2D eigenvalue weighted by atomic mass is 10.0. The lowest BCUT2D eigenvalue weighted by molar-refractivity contribution is -0.126. The highest BCUT2D eigenvalue weighted by atomic mass is 35.5. The maximum absolute atomic E-state index is 12.5. The minimum Gasteiger partial charge on any atom is -0.489 e. The average molecular weight is 453 g/mol. The van der Waals surface area contributed by atoms with Gasteiger partial charge < -0.3 is 15.2 Å². The second kappa shape index (κ2) is 10.6. The van der Waals surface area contributed by atoms with Gasteiger partial charge in [-0.25, -0.2) is 8.42 Å². The zero-order valence-electron chi connectivity index (χ0n) is 15.7. The number of piperidine rings is 1. The monoisotopic (exact) mass is 452 g/mol. The highest BCUT2D eigenvalue weighted by molar-refractivity contribution is 7.89. The van der Waals surface area contributed by atoms with Crippen molar-refractivity contribution in [1.82, 2.24) is 9.62 Å². The van der Waals surface area contributed by atoms with Gasteiger partial charge >= 0.3 is 0 Å². The molecule has 10 heteroatoms. The van der Waals surface area contributed by atoms with Gasteiger partial charge in [-0.15, -0.1) is 0 Å². The maximum Gasteiger partial charge on any atom is 0.238 e. The summed E-state index contributed by atoms with van der Waals surface area (Å²) in [6.45, 7) is 1.98. The van der Waals surface area contributed by atoms with Gasteiger partial charge in [0.15, 0.2) is 0 Å². The molecule has 1 aromatic carbocycles. The summed E-state index contributed by atoms with van der Waals surface area (Å²) < 4.78 is 31.6. The zero-order valence-corrected chi connectivity index (χ0v) is 18.1.